The molecule has 1 N–H and O–H groups in total. The Kier molecular flexibility index (Phi) is 5.24. The molecule has 0 fully saturated rings. The monoisotopic (exact) mass is 344 g/mol. The highest BCUT2D eigenvalue weighted by Crippen LogP contribution is 2.24. The Morgan fingerprint density at radius 2 is 2.10 bits per heavy atom. The number of non-ortho nitro benzene ring substituents is 1. The van der Waals surface area contributed by atoms with Crippen molar-refractivity contribution in [2.24, 2.45) is 0 Å². The average molecular weight is 345 g/mol. The zero-order chi connectivity index (χ0) is 15.5. The Bertz CT molecular complexity index is 526. The molecule has 0 aromatic heterocycles. The van der Waals surface area contributed by atoms with E-state index >= 15 is 0 Å². The van der Waals surface area contributed by atoms with Gasteiger partial charge in [-0.25, -0.2) is 0 Å². The second kappa shape index (κ2) is 6.32. The summed E-state index contributed by atoms with van der Waals surface area (Å²) in [6.07, 6.45) is 0. The van der Waals surface area contributed by atoms with Crippen LogP contribution in [0.1, 0.15) is 31.1 Å². The van der Waals surface area contributed by atoms with Gasteiger partial charge in [0.1, 0.15) is 0 Å². The number of nitro benzene ring substituents is 1. The number of rotatable bonds is 5. The first kappa shape index (κ1) is 16.6. The lowest BCUT2D eigenvalue weighted by Gasteiger charge is -2.28. The van der Waals surface area contributed by atoms with Gasteiger partial charge in [-0.2, -0.15) is 0 Å². The summed E-state index contributed by atoms with van der Waals surface area (Å²) in [6, 6.07) is 4.00. The van der Waals surface area contributed by atoms with Crippen molar-refractivity contribution in [2.75, 3.05) is 13.1 Å². The van der Waals surface area contributed by atoms with Gasteiger partial charge >= 0.3 is 0 Å². The van der Waals surface area contributed by atoms with Gasteiger partial charge in [0, 0.05) is 29.7 Å². The molecule has 0 spiro atoms. The summed E-state index contributed by atoms with van der Waals surface area (Å²) in [6.45, 7) is 5.67. The maximum absolute atomic E-state index is 12.4. The highest BCUT2D eigenvalue weighted by molar-refractivity contribution is 9.10. The standard InChI is InChI=1S/C13H17BrN2O4/c1-4-15(8-13(2,3)18)12(17)10-6-5-9(16(19)20)7-11(10)14/h5-7,18H,4,8H2,1-3H3. The number of halogens is 1. The average Bonchev–Trinajstić information content (AvgIpc) is 2.33. The molecule has 1 aromatic carbocycles. The number of aliphatic hydroxyl groups is 1. The molecule has 1 aromatic rings. The van der Waals surface area contributed by atoms with Crippen LogP contribution in [0.3, 0.4) is 0 Å². The molecule has 1 rings (SSSR count). The molecule has 7 heteroatoms. The van der Waals surface area contributed by atoms with E-state index in [1.807, 2.05) is 6.92 Å². The molecule has 1 amide bonds. The molecular formula is C13H17BrN2O4. The first-order valence-electron chi connectivity index (χ1n) is 6.11. The molecule has 6 nitrogen and oxygen atoms in total. The van der Waals surface area contributed by atoms with Crippen molar-refractivity contribution in [3.05, 3.63) is 38.3 Å². The van der Waals surface area contributed by atoms with E-state index in [9.17, 15) is 20.0 Å². The molecule has 0 aliphatic rings. The number of carbonyl (C=O) groups excluding carboxylic acids is 1. The Balaban J connectivity index is 3.04. The fourth-order valence-corrected chi connectivity index (χ4v) is 2.29. The quantitative estimate of drug-likeness (QED) is 0.657. The van der Waals surface area contributed by atoms with Gasteiger partial charge < -0.3 is 10.0 Å². The summed E-state index contributed by atoms with van der Waals surface area (Å²) in [5, 5.41) is 20.5. The number of nitro groups is 1. The molecule has 0 heterocycles. The molecule has 0 unspecified atom stereocenters. The van der Waals surface area contributed by atoms with Crippen LogP contribution in [0.25, 0.3) is 0 Å². The van der Waals surface area contributed by atoms with Gasteiger partial charge in [-0.3, -0.25) is 14.9 Å². The van der Waals surface area contributed by atoms with E-state index in [1.54, 1.807) is 13.8 Å². The SMILES string of the molecule is CCN(CC(C)(C)O)C(=O)c1ccc([N+](=O)[O-])cc1Br. The summed E-state index contributed by atoms with van der Waals surface area (Å²) >= 11 is 3.18. The van der Waals surface area contributed by atoms with Gasteiger partial charge in [-0.15, -0.1) is 0 Å². The zero-order valence-electron chi connectivity index (χ0n) is 11.6. The second-order valence-electron chi connectivity index (χ2n) is 5.05. The minimum absolute atomic E-state index is 0.0843. The minimum Gasteiger partial charge on any atom is -0.389 e. The third-order valence-corrected chi connectivity index (χ3v) is 3.30. The van der Waals surface area contributed by atoms with Crippen molar-refractivity contribution < 1.29 is 14.8 Å². The van der Waals surface area contributed by atoms with E-state index in [1.165, 1.54) is 23.1 Å². The van der Waals surface area contributed by atoms with Crippen molar-refractivity contribution in [1.82, 2.24) is 4.90 Å². The molecule has 0 saturated heterocycles. The summed E-state index contributed by atoms with van der Waals surface area (Å²) in [7, 11) is 0. The van der Waals surface area contributed by atoms with E-state index in [2.05, 4.69) is 15.9 Å². The van der Waals surface area contributed by atoms with Crippen molar-refractivity contribution in [2.45, 2.75) is 26.4 Å². The first-order chi connectivity index (χ1) is 9.15. The predicted octanol–water partition coefficient (Wildman–Crippen LogP) is 2.59. The maximum Gasteiger partial charge on any atom is 0.270 e. The molecule has 0 bridgehead atoms. The lowest BCUT2D eigenvalue weighted by atomic mass is 10.1. The zero-order valence-corrected chi connectivity index (χ0v) is 13.2. The number of hydrogen-bond acceptors (Lipinski definition) is 4. The minimum atomic E-state index is -1.00. The van der Waals surface area contributed by atoms with Crippen LogP contribution >= 0.6 is 15.9 Å². The number of nitrogens with zero attached hydrogens (tertiary/aromatic N) is 2. The van der Waals surface area contributed by atoms with E-state index in [4.69, 9.17) is 0 Å². The lowest BCUT2D eigenvalue weighted by molar-refractivity contribution is -0.384. The van der Waals surface area contributed by atoms with Gasteiger partial charge in [-0.1, -0.05) is 0 Å². The highest BCUT2D eigenvalue weighted by atomic mass is 79.9. The summed E-state index contributed by atoms with van der Waals surface area (Å²) in [5.74, 6) is -0.281. The Morgan fingerprint density at radius 1 is 1.50 bits per heavy atom. The molecular weight excluding hydrogens is 328 g/mol. The van der Waals surface area contributed by atoms with Crippen LogP contribution in [0, 0.1) is 10.1 Å². The van der Waals surface area contributed by atoms with E-state index in [0.29, 0.717) is 16.6 Å². The molecule has 0 atom stereocenters. The number of amides is 1. The smallest absolute Gasteiger partial charge is 0.270 e. The largest absolute Gasteiger partial charge is 0.389 e. The van der Waals surface area contributed by atoms with Crippen molar-refractivity contribution in [1.29, 1.82) is 0 Å². The summed E-state index contributed by atoms with van der Waals surface area (Å²) < 4.78 is 0.367. The fourth-order valence-electron chi connectivity index (χ4n) is 1.76. The third-order valence-electron chi connectivity index (χ3n) is 2.64. The van der Waals surface area contributed by atoms with E-state index in [-0.39, 0.29) is 18.1 Å². The van der Waals surface area contributed by atoms with Gasteiger partial charge in [0.2, 0.25) is 0 Å². The van der Waals surface area contributed by atoms with Crippen molar-refractivity contribution >= 4 is 27.5 Å². The van der Waals surface area contributed by atoms with Gasteiger partial charge in [0.25, 0.3) is 11.6 Å². The number of likely N-dealkylation sites (N-methyl/N-ethyl adjacent to an activating group) is 1. The molecule has 0 aliphatic carbocycles. The normalized spacial score (nSPS) is 11.2. The van der Waals surface area contributed by atoms with Crippen LogP contribution in [0.4, 0.5) is 5.69 Å². The van der Waals surface area contributed by atoms with Crippen molar-refractivity contribution in [3.8, 4) is 0 Å². The highest BCUT2D eigenvalue weighted by Gasteiger charge is 2.24. The van der Waals surface area contributed by atoms with Crippen LogP contribution < -0.4 is 0 Å². The van der Waals surface area contributed by atoms with Gasteiger partial charge in [0.05, 0.1) is 16.1 Å². The van der Waals surface area contributed by atoms with Crippen LogP contribution in [-0.4, -0.2) is 39.5 Å². The molecule has 0 saturated carbocycles. The van der Waals surface area contributed by atoms with Crippen LogP contribution in [0.5, 0.6) is 0 Å². The topological polar surface area (TPSA) is 83.7 Å². The number of hydrogen-bond donors (Lipinski definition) is 1. The van der Waals surface area contributed by atoms with E-state index in [0.717, 1.165) is 0 Å². The molecule has 0 aliphatic heterocycles. The fraction of sp³-hybridized carbons (Fsp3) is 0.462. The van der Waals surface area contributed by atoms with Gasteiger partial charge in [-0.05, 0) is 42.8 Å². The Labute approximate surface area is 125 Å². The van der Waals surface area contributed by atoms with Crippen molar-refractivity contribution in [3.63, 3.8) is 0 Å². The summed E-state index contributed by atoms with van der Waals surface area (Å²) in [5.41, 5.74) is -0.750. The van der Waals surface area contributed by atoms with Crippen LogP contribution in [-0.2, 0) is 0 Å². The van der Waals surface area contributed by atoms with E-state index < -0.39 is 10.5 Å². The molecule has 110 valence electrons. The Morgan fingerprint density at radius 3 is 2.50 bits per heavy atom. The molecule has 0 radical (unpaired) electrons. The Hall–Kier alpha value is -1.47. The number of carbonyl (C=O) groups is 1. The van der Waals surface area contributed by atoms with Gasteiger partial charge in [0.15, 0.2) is 0 Å². The third kappa shape index (κ3) is 4.28. The van der Waals surface area contributed by atoms with Crippen LogP contribution in [0.15, 0.2) is 22.7 Å². The summed E-state index contributed by atoms with van der Waals surface area (Å²) in [4.78, 5) is 24.0. The second-order valence-corrected chi connectivity index (χ2v) is 5.91. The lowest BCUT2D eigenvalue weighted by Crippen LogP contribution is -2.42. The predicted molar refractivity (Wildman–Crippen MR) is 78.7 cm³/mol. The van der Waals surface area contributed by atoms with Crippen LogP contribution in [0.2, 0.25) is 0 Å². The molecule has 20 heavy (non-hydrogen) atoms. The first-order valence-corrected chi connectivity index (χ1v) is 6.90. The maximum atomic E-state index is 12.4. The number of benzene rings is 1.